The lowest BCUT2D eigenvalue weighted by Gasteiger charge is -2.12. The van der Waals surface area contributed by atoms with E-state index in [0.717, 1.165) is 0 Å². The number of thioether (sulfide) groups is 1. The summed E-state index contributed by atoms with van der Waals surface area (Å²) in [7, 11) is 0. The molecule has 1 N–H and O–H groups in total. The zero-order valence-electron chi connectivity index (χ0n) is 10.1. The molecule has 1 saturated carbocycles. The van der Waals surface area contributed by atoms with Crippen LogP contribution in [0.15, 0.2) is 17.0 Å². The molecule has 2 rings (SSSR count). The average molecular weight is 305 g/mol. The molecule has 0 unspecified atom stereocenters. The maximum absolute atomic E-state index is 12.4. The summed E-state index contributed by atoms with van der Waals surface area (Å²) < 4.78 is 25.5. The number of alkyl halides is 2. The highest BCUT2D eigenvalue weighted by atomic mass is 32.2. The number of anilines is 1. The summed E-state index contributed by atoms with van der Waals surface area (Å²) in [6.45, 7) is 3.59. The van der Waals surface area contributed by atoms with Crippen LogP contribution in [0.1, 0.15) is 19.3 Å². The third-order valence-electron chi connectivity index (χ3n) is 2.83. The minimum Gasteiger partial charge on any atom is -0.300 e. The Hall–Kier alpha value is -1.02. The van der Waals surface area contributed by atoms with Gasteiger partial charge in [-0.1, -0.05) is 29.2 Å². The number of rotatable bonds is 7. The van der Waals surface area contributed by atoms with E-state index in [0.29, 0.717) is 28.1 Å². The van der Waals surface area contributed by atoms with Crippen molar-refractivity contribution in [3.63, 3.8) is 0 Å². The first kappa shape index (κ1) is 14.4. The topological polar surface area (TPSA) is 54.9 Å². The molecule has 4 nitrogen and oxygen atoms in total. The van der Waals surface area contributed by atoms with E-state index < -0.39 is 11.8 Å². The van der Waals surface area contributed by atoms with Gasteiger partial charge in [-0.2, -0.15) is 0 Å². The standard InChI is InChI=1S/C11H13F2N3OS2/c1-2-5-18-10-16-15-9(19-10)14-8(17)11(3-4-11)6-7(12)13/h2,7H,1,3-6H2,(H,14,15,17). The second-order valence-corrected chi connectivity index (χ2v) is 6.55. The molecule has 0 aliphatic heterocycles. The van der Waals surface area contributed by atoms with Crippen LogP contribution in [0.2, 0.25) is 0 Å². The highest BCUT2D eigenvalue weighted by molar-refractivity contribution is 8.01. The summed E-state index contributed by atoms with van der Waals surface area (Å²) in [5.74, 6) is 0.335. The Morgan fingerprint density at radius 1 is 1.58 bits per heavy atom. The van der Waals surface area contributed by atoms with E-state index in [9.17, 15) is 13.6 Å². The van der Waals surface area contributed by atoms with Crippen LogP contribution in [0.4, 0.5) is 13.9 Å². The summed E-state index contributed by atoms with van der Waals surface area (Å²) in [5, 5.41) is 10.7. The number of nitrogens with zero attached hydrogens (tertiary/aromatic N) is 2. The van der Waals surface area contributed by atoms with Crippen molar-refractivity contribution < 1.29 is 13.6 Å². The molecule has 1 aliphatic carbocycles. The lowest BCUT2D eigenvalue weighted by Crippen LogP contribution is -2.26. The van der Waals surface area contributed by atoms with Crippen LogP contribution < -0.4 is 5.32 Å². The van der Waals surface area contributed by atoms with Crippen LogP contribution >= 0.6 is 23.1 Å². The van der Waals surface area contributed by atoms with E-state index >= 15 is 0 Å². The predicted molar refractivity (Wildman–Crippen MR) is 71.7 cm³/mol. The Kier molecular flexibility index (Phi) is 4.51. The first-order valence-corrected chi connectivity index (χ1v) is 7.53. The van der Waals surface area contributed by atoms with Gasteiger partial charge in [0.2, 0.25) is 17.5 Å². The van der Waals surface area contributed by atoms with Crippen LogP contribution in [0.3, 0.4) is 0 Å². The van der Waals surface area contributed by atoms with Crippen molar-refractivity contribution in [2.75, 3.05) is 11.1 Å². The van der Waals surface area contributed by atoms with Gasteiger partial charge < -0.3 is 5.32 Å². The van der Waals surface area contributed by atoms with Crippen LogP contribution in [0.5, 0.6) is 0 Å². The summed E-state index contributed by atoms with van der Waals surface area (Å²) in [6.07, 6.45) is -0.0662. The molecule has 19 heavy (non-hydrogen) atoms. The molecule has 0 aromatic carbocycles. The van der Waals surface area contributed by atoms with Crippen molar-refractivity contribution in [2.45, 2.75) is 30.0 Å². The molecule has 0 atom stereocenters. The highest BCUT2D eigenvalue weighted by Gasteiger charge is 2.51. The molecule has 1 heterocycles. The van der Waals surface area contributed by atoms with Crippen molar-refractivity contribution in [1.82, 2.24) is 10.2 Å². The second-order valence-electron chi connectivity index (χ2n) is 4.30. The van der Waals surface area contributed by atoms with Gasteiger partial charge >= 0.3 is 0 Å². The average Bonchev–Trinajstić information content (AvgIpc) is 2.99. The fraction of sp³-hybridized carbons (Fsp3) is 0.545. The van der Waals surface area contributed by atoms with E-state index in [-0.39, 0.29) is 12.3 Å². The number of nitrogens with one attached hydrogen (secondary N) is 1. The first-order chi connectivity index (χ1) is 9.05. The predicted octanol–water partition coefficient (Wildman–Crippen LogP) is 3.19. The zero-order valence-corrected chi connectivity index (χ0v) is 11.7. The molecule has 104 valence electrons. The number of halogens is 2. The molecule has 0 spiro atoms. The SMILES string of the molecule is C=CCSc1nnc(NC(=O)C2(CC(F)F)CC2)s1. The Balaban J connectivity index is 1.92. The molecule has 1 aliphatic rings. The van der Waals surface area contributed by atoms with Gasteiger partial charge in [0, 0.05) is 12.2 Å². The van der Waals surface area contributed by atoms with Crippen molar-refractivity contribution >= 4 is 34.1 Å². The molecular formula is C11H13F2N3OS2. The van der Waals surface area contributed by atoms with E-state index in [1.54, 1.807) is 6.08 Å². The molecular weight excluding hydrogens is 292 g/mol. The summed E-state index contributed by atoms with van der Waals surface area (Å²) in [5.41, 5.74) is -0.895. The van der Waals surface area contributed by atoms with Crippen molar-refractivity contribution in [3.8, 4) is 0 Å². The van der Waals surface area contributed by atoms with Crippen molar-refractivity contribution in [2.24, 2.45) is 5.41 Å². The Bertz CT molecular complexity index is 474. The number of hydrogen-bond donors (Lipinski definition) is 1. The van der Waals surface area contributed by atoms with Gasteiger partial charge in [0.05, 0.1) is 5.41 Å². The van der Waals surface area contributed by atoms with E-state index in [1.165, 1.54) is 23.1 Å². The minimum absolute atomic E-state index is 0.358. The van der Waals surface area contributed by atoms with Gasteiger partial charge in [-0.3, -0.25) is 4.79 Å². The van der Waals surface area contributed by atoms with Gasteiger partial charge in [-0.25, -0.2) is 8.78 Å². The zero-order chi connectivity index (χ0) is 13.9. The number of carbonyl (C=O) groups is 1. The van der Waals surface area contributed by atoms with Crippen LogP contribution in [-0.4, -0.2) is 28.3 Å². The number of carbonyl (C=O) groups excluding carboxylic acids is 1. The summed E-state index contributed by atoms with van der Waals surface area (Å²) in [4.78, 5) is 11.9. The number of aromatic nitrogens is 2. The van der Waals surface area contributed by atoms with Crippen LogP contribution in [-0.2, 0) is 4.79 Å². The maximum atomic E-state index is 12.4. The fourth-order valence-corrected chi connectivity index (χ4v) is 3.16. The van der Waals surface area contributed by atoms with Gasteiger partial charge in [0.1, 0.15) is 0 Å². The van der Waals surface area contributed by atoms with E-state index in [1.807, 2.05) is 0 Å². The molecule has 0 bridgehead atoms. The third-order valence-corrected chi connectivity index (χ3v) is 4.80. The minimum atomic E-state index is -2.46. The van der Waals surface area contributed by atoms with Crippen molar-refractivity contribution in [1.29, 1.82) is 0 Å². The quantitative estimate of drug-likeness (QED) is 0.477. The normalized spacial score (nSPS) is 16.4. The Labute approximate surface area is 117 Å². The highest BCUT2D eigenvalue weighted by Crippen LogP contribution is 2.51. The first-order valence-electron chi connectivity index (χ1n) is 5.72. The lowest BCUT2D eigenvalue weighted by molar-refractivity contribution is -0.122. The van der Waals surface area contributed by atoms with Crippen LogP contribution in [0.25, 0.3) is 0 Å². The maximum Gasteiger partial charge on any atom is 0.239 e. The fourth-order valence-electron chi connectivity index (χ4n) is 1.65. The van der Waals surface area contributed by atoms with Crippen molar-refractivity contribution in [3.05, 3.63) is 12.7 Å². The van der Waals surface area contributed by atoms with Gasteiger partial charge in [0.15, 0.2) is 4.34 Å². The largest absolute Gasteiger partial charge is 0.300 e. The molecule has 1 amide bonds. The molecule has 1 aromatic heterocycles. The molecule has 0 radical (unpaired) electrons. The van der Waals surface area contributed by atoms with E-state index in [4.69, 9.17) is 0 Å². The van der Waals surface area contributed by atoms with E-state index in [2.05, 4.69) is 22.1 Å². The number of amides is 1. The monoisotopic (exact) mass is 305 g/mol. The molecule has 8 heteroatoms. The molecule has 1 aromatic rings. The lowest BCUT2D eigenvalue weighted by atomic mass is 10.0. The van der Waals surface area contributed by atoms with Crippen LogP contribution in [0, 0.1) is 5.41 Å². The third kappa shape index (κ3) is 3.73. The second kappa shape index (κ2) is 5.96. The Morgan fingerprint density at radius 2 is 2.32 bits per heavy atom. The van der Waals surface area contributed by atoms with Gasteiger partial charge in [-0.15, -0.1) is 16.8 Å². The van der Waals surface area contributed by atoms with Gasteiger partial charge in [-0.05, 0) is 12.8 Å². The van der Waals surface area contributed by atoms with Gasteiger partial charge in [0.25, 0.3) is 0 Å². The molecule has 0 saturated heterocycles. The summed E-state index contributed by atoms with van der Waals surface area (Å²) in [6, 6.07) is 0. The smallest absolute Gasteiger partial charge is 0.239 e. The summed E-state index contributed by atoms with van der Waals surface area (Å²) >= 11 is 2.70. The number of hydrogen-bond acceptors (Lipinski definition) is 5. The molecule has 1 fully saturated rings. The Morgan fingerprint density at radius 3 is 2.89 bits per heavy atom.